The topological polar surface area (TPSA) is 105 Å². The molecule has 55 heavy (non-hydrogen) atoms. The highest BCUT2D eigenvalue weighted by molar-refractivity contribution is 6.10. The Morgan fingerprint density at radius 2 is 1.16 bits per heavy atom. The van der Waals surface area contributed by atoms with Crippen molar-refractivity contribution in [2.24, 2.45) is 0 Å². The molecular formula is C46H47N3O6. The van der Waals surface area contributed by atoms with Gasteiger partial charge in [-0.1, -0.05) is 78.7 Å². The number of para-hydroxylation sites is 2. The molecule has 0 unspecified atom stereocenters. The Balaban J connectivity index is 1.13. The molecule has 0 aromatic heterocycles. The average Bonchev–Trinajstić information content (AvgIpc) is 3.21. The van der Waals surface area contributed by atoms with E-state index in [0.29, 0.717) is 58.2 Å². The molecule has 2 amide bonds. The van der Waals surface area contributed by atoms with Crippen LogP contribution in [0.5, 0.6) is 11.5 Å². The molecule has 0 spiro atoms. The lowest BCUT2D eigenvalue weighted by Crippen LogP contribution is -2.42. The molecule has 6 rings (SSSR count). The first-order valence-electron chi connectivity index (χ1n) is 18.8. The van der Waals surface area contributed by atoms with Crippen molar-refractivity contribution < 1.29 is 28.7 Å². The van der Waals surface area contributed by atoms with Gasteiger partial charge >= 0.3 is 0 Å². The number of carbonyl (C=O) groups excluding carboxylic acids is 4. The second-order valence-electron chi connectivity index (χ2n) is 13.9. The lowest BCUT2D eigenvalue weighted by molar-refractivity contribution is -0.121. The Hall–Kier alpha value is -6.06. The lowest BCUT2D eigenvalue weighted by atomic mass is 10.0. The first kappa shape index (κ1) is 38.7. The first-order valence-corrected chi connectivity index (χ1v) is 18.8. The Morgan fingerprint density at radius 1 is 0.618 bits per heavy atom. The highest BCUT2D eigenvalue weighted by atomic mass is 16.5. The van der Waals surface area contributed by atoms with Crippen LogP contribution in [-0.2, 0) is 9.59 Å². The van der Waals surface area contributed by atoms with Crippen molar-refractivity contribution in [2.45, 2.75) is 40.0 Å². The molecule has 0 atom stereocenters. The zero-order valence-corrected chi connectivity index (χ0v) is 31.7. The number of nitrogens with one attached hydrogen (secondary N) is 1. The standard InChI is InChI=1S/C46H47N3O6/c1-32-16-18-36(19-17-32)46(53)38-21-23-42(34(3)29-38)55-31-44(51)49(27-26-48-24-10-5-11-25-48)40-15-9-8-14-39(40)47-43(50)30-54-41-22-20-37(28-33(41)2)45(52)35-12-6-4-7-13-35/h4,6-9,12-23,28-29H,5,10-11,24-27,30-31H2,1-3H3,(H,47,50). The van der Waals surface area contributed by atoms with Gasteiger partial charge < -0.3 is 24.6 Å². The Labute approximate surface area is 322 Å². The minimum atomic E-state index is -0.396. The van der Waals surface area contributed by atoms with E-state index in [1.54, 1.807) is 65.6 Å². The fourth-order valence-electron chi connectivity index (χ4n) is 6.70. The van der Waals surface area contributed by atoms with E-state index in [9.17, 15) is 19.2 Å². The van der Waals surface area contributed by atoms with Crippen LogP contribution in [0.15, 0.2) is 115 Å². The van der Waals surface area contributed by atoms with Gasteiger partial charge in [-0.25, -0.2) is 0 Å². The fraction of sp³-hybridized carbons (Fsp3) is 0.261. The van der Waals surface area contributed by atoms with Gasteiger partial charge in [0.15, 0.2) is 24.8 Å². The van der Waals surface area contributed by atoms with Crippen molar-refractivity contribution >= 4 is 34.8 Å². The number of ketones is 2. The van der Waals surface area contributed by atoms with Crippen molar-refractivity contribution in [1.29, 1.82) is 0 Å². The summed E-state index contributed by atoms with van der Waals surface area (Å²) in [5.74, 6) is 0.166. The van der Waals surface area contributed by atoms with Crippen LogP contribution in [0.3, 0.4) is 0 Å². The molecule has 1 aliphatic rings. The van der Waals surface area contributed by atoms with Gasteiger partial charge in [0.25, 0.3) is 11.8 Å². The summed E-state index contributed by atoms with van der Waals surface area (Å²) in [7, 11) is 0. The molecule has 1 heterocycles. The Morgan fingerprint density at radius 3 is 1.78 bits per heavy atom. The summed E-state index contributed by atoms with van der Waals surface area (Å²) >= 11 is 0. The number of rotatable bonds is 15. The van der Waals surface area contributed by atoms with E-state index in [1.807, 2.05) is 75.4 Å². The van der Waals surface area contributed by atoms with E-state index in [1.165, 1.54) is 6.42 Å². The predicted octanol–water partition coefficient (Wildman–Crippen LogP) is 7.99. The lowest BCUT2D eigenvalue weighted by Gasteiger charge is -2.31. The minimum absolute atomic E-state index is 0.0815. The molecule has 1 aliphatic heterocycles. The quantitative estimate of drug-likeness (QED) is 0.109. The summed E-state index contributed by atoms with van der Waals surface area (Å²) in [6.07, 6.45) is 3.45. The zero-order valence-electron chi connectivity index (χ0n) is 31.7. The molecule has 1 saturated heterocycles. The van der Waals surface area contributed by atoms with Crippen LogP contribution in [0.2, 0.25) is 0 Å². The molecule has 0 bridgehead atoms. The fourth-order valence-corrected chi connectivity index (χ4v) is 6.70. The average molecular weight is 738 g/mol. The van der Waals surface area contributed by atoms with Crippen LogP contribution in [0, 0.1) is 20.8 Å². The SMILES string of the molecule is Cc1ccc(C(=O)c2ccc(OCC(=O)N(CCN3CCCCC3)c3ccccc3NC(=O)COc3ccc(C(=O)c4ccccc4)cc3C)c(C)c2)cc1. The third-order valence-electron chi connectivity index (χ3n) is 9.79. The first-order chi connectivity index (χ1) is 26.7. The number of likely N-dealkylation sites (tertiary alicyclic amines) is 1. The largest absolute Gasteiger partial charge is 0.483 e. The number of amides is 2. The number of hydrogen-bond acceptors (Lipinski definition) is 7. The van der Waals surface area contributed by atoms with Crippen molar-refractivity contribution in [2.75, 3.05) is 49.6 Å². The van der Waals surface area contributed by atoms with Crippen LogP contribution >= 0.6 is 0 Å². The monoisotopic (exact) mass is 737 g/mol. The molecule has 0 saturated carbocycles. The number of aryl methyl sites for hydroxylation is 3. The second kappa shape index (κ2) is 18.3. The van der Waals surface area contributed by atoms with Gasteiger partial charge in [-0.3, -0.25) is 19.2 Å². The smallest absolute Gasteiger partial charge is 0.265 e. The van der Waals surface area contributed by atoms with Gasteiger partial charge in [-0.05, 0) is 106 Å². The van der Waals surface area contributed by atoms with Crippen molar-refractivity contribution in [3.63, 3.8) is 0 Å². The van der Waals surface area contributed by atoms with E-state index in [-0.39, 0.29) is 30.7 Å². The molecule has 0 radical (unpaired) electrons. The molecule has 5 aromatic rings. The zero-order chi connectivity index (χ0) is 38.7. The number of anilines is 2. The summed E-state index contributed by atoms with van der Waals surface area (Å²) in [4.78, 5) is 57.3. The van der Waals surface area contributed by atoms with Crippen LogP contribution in [0.25, 0.3) is 0 Å². The molecule has 9 nitrogen and oxygen atoms in total. The maximum atomic E-state index is 14.0. The maximum Gasteiger partial charge on any atom is 0.265 e. The van der Waals surface area contributed by atoms with E-state index < -0.39 is 5.91 Å². The number of benzene rings is 5. The number of hydrogen-bond donors (Lipinski definition) is 1. The molecular weight excluding hydrogens is 691 g/mol. The Bertz CT molecular complexity index is 2140. The molecule has 5 aromatic carbocycles. The molecule has 1 fully saturated rings. The highest BCUT2D eigenvalue weighted by Crippen LogP contribution is 2.28. The molecule has 282 valence electrons. The number of piperidine rings is 1. The normalized spacial score (nSPS) is 12.8. The van der Waals surface area contributed by atoms with Gasteiger partial charge in [0, 0.05) is 35.3 Å². The summed E-state index contributed by atoms with van der Waals surface area (Å²) in [6.45, 7) is 8.19. The number of nitrogens with zero attached hydrogens (tertiary/aromatic N) is 2. The summed E-state index contributed by atoms with van der Waals surface area (Å²) in [6, 6.07) is 34.1. The van der Waals surface area contributed by atoms with Gasteiger partial charge in [-0.15, -0.1) is 0 Å². The van der Waals surface area contributed by atoms with Crippen molar-refractivity contribution in [3.8, 4) is 11.5 Å². The van der Waals surface area contributed by atoms with E-state index >= 15 is 0 Å². The minimum Gasteiger partial charge on any atom is -0.483 e. The molecule has 0 aliphatic carbocycles. The van der Waals surface area contributed by atoms with Gasteiger partial charge in [0.2, 0.25) is 0 Å². The van der Waals surface area contributed by atoms with E-state index in [0.717, 1.165) is 42.6 Å². The van der Waals surface area contributed by atoms with Crippen molar-refractivity contribution in [3.05, 3.63) is 154 Å². The maximum absolute atomic E-state index is 14.0. The predicted molar refractivity (Wildman–Crippen MR) is 216 cm³/mol. The van der Waals surface area contributed by atoms with E-state index in [4.69, 9.17) is 9.47 Å². The highest BCUT2D eigenvalue weighted by Gasteiger charge is 2.23. The summed E-state index contributed by atoms with van der Waals surface area (Å²) in [5.41, 5.74) is 5.86. The summed E-state index contributed by atoms with van der Waals surface area (Å²) in [5, 5.41) is 2.94. The van der Waals surface area contributed by atoms with Gasteiger partial charge in [-0.2, -0.15) is 0 Å². The third-order valence-corrected chi connectivity index (χ3v) is 9.79. The summed E-state index contributed by atoms with van der Waals surface area (Å²) < 4.78 is 12.0. The van der Waals surface area contributed by atoms with Crippen LogP contribution in [-0.4, -0.2) is 67.7 Å². The van der Waals surface area contributed by atoms with Gasteiger partial charge in [0.1, 0.15) is 11.5 Å². The van der Waals surface area contributed by atoms with Gasteiger partial charge in [0.05, 0.1) is 11.4 Å². The van der Waals surface area contributed by atoms with Crippen molar-refractivity contribution in [1.82, 2.24) is 4.90 Å². The number of carbonyl (C=O) groups is 4. The van der Waals surface area contributed by atoms with E-state index in [2.05, 4.69) is 10.2 Å². The second-order valence-corrected chi connectivity index (χ2v) is 13.9. The van der Waals surface area contributed by atoms with Crippen LogP contribution < -0.4 is 19.7 Å². The third kappa shape index (κ3) is 10.1. The van der Waals surface area contributed by atoms with Crippen LogP contribution in [0.4, 0.5) is 11.4 Å². The number of ether oxygens (including phenoxy) is 2. The molecule has 9 heteroatoms. The molecule has 1 N–H and O–H groups in total. The van der Waals surface area contributed by atoms with Crippen LogP contribution in [0.1, 0.15) is 67.8 Å². The Kier molecular flexibility index (Phi) is 12.9.